The van der Waals surface area contributed by atoms with E-state index in [4.69, 9.17) is 9.57 Å². The molecule has 0 saturated carbocycles. The first-order chi connectivity index (χ1) is 13.9. The molecule has 1 unspecified atom stereocenters. The Morgan fingerprint density at radius 2 is 1.30 bits per heavy atom. The molecule has 2 aliphatic heterocycles. The van der Waals surface area contributed by atoms with E-state index in [1.165, 1.54) is 7.11 Å². The van der Waals surface area contributed by atoms with Gasteiger partial charge in [0.1, 0.15) is 0 Å². The van der Waals surface area contributed by atoms with E-state index in [1.807, 2.05) is 6.92 Å². The van der Waals surface area contributed by atoms with Gasteiger partial charge in [-0.05, 0) is 27.2 Å². The predicted octanol–water partition coefficient (Wildman–Crippen LogP) is 0.906. The number of nitrogens with zero attached hydrogens (tertiary/aromatic N) is 2. The van der Waals surface area contributed by atoms with E-state index in [0.717, 1.165) is 0 Å². The molecular weight excluding hydrogens is 400 g/mol. The third-order valence-electron chi connectivity index (χ3n) is 4.62. The largest absolute Gasteiger partial charge is 0.384 e. The van der Waals surface area contributed by atoms with Crippen molar-refractivity contribution in [1.82, 2.24) is 10.1 Å². The van der Waals surface area contributed by atoms with E-state index in [0.29, 0.717) is 16.5 Å². The molecule has 2 aliphatic rings. The van der Waals surface area contributed by atoms with Crippen molar-refractivity contribution in [3.63, 3.8) is 0 Å². The smallest absolute Gasteiger partial charge is 0.338 e. The van der Waals surface area contributed by atoms with Crippen molar-refractivity contribution in [3.05, 3.63) is 0 Å². The van der Waals surface area contributed by atoms with Gasteiger partial charge in [0.2, 0.25) is 0 Å². The number of hydrogen-bond donors (Lipinski definition) is 0. The van der Waals surface area contributed by atoms with Crippen LogP contribution in [0.2, 0.25) is 0 Å². The van der Waals surface area contributed by atoms with E-state index in [2.05, 4.69) is 4.84 Å². The number of methoxy groups -OCH3 is 1. The molecule has 0 aliphatic carbocycles. The molecule has 11 heteroatoms. The molecule has 2 fully saturated rings. The monoisotopic (exact) mass is 428 g/mol. The highest BCUT2D eigenvalue weighted by Gasteiger charge is 2.37. The zero-order valence-corrected chi connectivity index (χ0v) is 17.9. The van der Waals surface area contributed by atoms with Crippen LogP contribution in [0.1, 0.15) is 59.8 Å². The number of carbonyl (C=O) groups excluding carboxylic acids is 6. The van der Waals surface area contributed by atoms with Gasteiger partial charge in [0, 0.05) is 32.8 Å². The number of rotatable bonds is 7. The Morgan fingerprint density at radius 3 is 1.67 bits per heavy atom. The highest BCUT2D eigenvalue weighted by molar-refractivity contribution is 6.02. The van der Waals surface area contributed by atoms with Crippen LogP contribution < -0.4 is 0 Å². The van der Waals surface area contributed by atoms with Crippen LogP contribution in [0.25, 0.3) is 0 Å². The maximum Gasteiger partial charge on any atom is 0.338 e. The Hall–Kier alpha value is -2.82. The Kier molecular flexibility index (Phi) is 9.09. The predicted molar refractivity (Wildman–Crippen MR) is 99.5 cm³/mol. The summed E-state index contributed by atoms with van der Waals surface area (Å²) in [6.07, 6.45) is 1.04. The molecule has 0 aromatic rings. The minimum atomic E-state index is -0.677. The first-order valence-corrected chi connectivity index (χ1v) is 9.59. The van der Waals surface area contributed by atoms with E-state index >= 15 is 0 Å². The van der Waals surface area contributed by atoms with E-state index in [9.17, 15) is 28.8 Å². The second-order valence-corrected chi connectivity index (χ2v) is 7.55. The molecule has 11 nitrogen and oxygen atoms in total. The third-order valence-corrected chi connectivity index (χ3v) is 4.62. The summed E-state index contributed by atoms with van der Waals surface area (Å²) >= 11 is 0. The second kappa shape index (κ2) is 10.8. The molecule has 0 aromatic heterocycles. The fourth-order valence-electron chi connectivity index (χ4n) is 2.16. The Balaban J connectivity index is 0.000000300. The Bertz CT molecular complexity index is 685. The molecule has 4 amide bonds. The van der Waals surface area contributed by atoms with Gasteiger partial charge in [-0.25, -0.2) is 9.59 Å². The van der Waals surface area contributed by atoms with Gasteiger partial charge < -0.3 is 14.4 Å². The van der Waals surface area contributed by atoms with Gasteiger partial charge in [-0.2, -0.15) is 0 Å². The molecule has 0 radical (unpaired) electrons. The van der Waals surface area contributed by atoms with E-state index in [-0.39, 0.29) is 32.3 Å². The molecule has 2 saturated heterocycles. The van der Waals surface area contributed by atoms with E-state index < -0.39 is 46.9 Å². The molecule has 168 valence electrons. The Labute approximate surface area is 174 Å². The summed E-state index contributed by atoms with van der Waals surface area (Å²) in [5.74, 6) is -3.53. The van der Waals surface area contributed by atoms with Crippen LogP contribution in [0.3, 0.4) is 0 Å². The number of hydrogen-bond acceptors (Lipinski definition) is 9. The maximum atomic E-state index is 11.6. The first kappa shape index (κ1) is 25.2. The summed E-state index contributed by atoms with van der Waals surface area (Å²) in [7, 11) is 1.45. The molecule has 0 spiro atoms. The van der Waals surface area contributed by atoms with Crippen LogP contribution in [0.5, 0.6) is 0 Å². The lowest BCUT2D eigenvalue weighted by Gasteiger charge is -2.22. The molecule has 2 heterocycles. The molecule has 30 heavy (non-hydrogen) atoms. The maximum absolute atomic E-state index is 11.6. The molecule has 2 rings (SSSR count). The van der Waals surface area contributed by atoms with Gasteiger partial charge in [-0.3, -0.25) is 19.2 Å². The highest BCUT2D eigenvalue weighted by atomic mass is 16.7. The normalized spacial score (nSPS) is 17.6. The zero-order valence-electron chi connectivity index (χ0n) is 17.9. The van der Waals surface area contributed by atoms with Crippen molar-refractivity contribution in [2.24, 2.45) is 11.3 Å². The average molecular weight is 428 g/mol. The van der Waals surface area contributed by atoms with Crippen LogP contribution in [0.15, 0.2) is 0 Å². The summed E-state index contributed by atoms with van der Waals surface area (Å²) in [5, 5.41) is 1.12. The van der Waals surface area contributed by atoms with E-state index in [1.54, 1.807) is 20.8 Å². The lowest BCUT2D eigenvalue weighted by Crippen LogP contribution is -2.37. The van der Waals surface area contributed by atoms with Gasteiger partial charge in [0.05, 0.1) is 17.9 Å². The van der Waals surface area contributed by atoms with Crippen LogP contribution in [-0.2, 0) is 43.2 Å². The summed E-state index contributed by atoms with van der Waals surface area (Å²) in [5.41, 5.74) is -0.677. The highest BCUT2D eigenvalue weighted by Crippen LogP contribution is 2.23. The van der Waals surface area contributed by atoms with Crippen molar-refractivity contribution >= 4 is 35.6 Å². The second-order valence-electron chi connectivity index (χ2n) is 7.55. The van der Waals surface area contributed by atoms with Gasteiger partial charge in [0.15, 0.2) is 0 Å². The summed E-state index contributed by atoms with van der Waals surface area (Å²) in [6.45, 7) is 7.04. The van der Waals surface area contributed by atoms with Crippen molar-refractivity contribution in [1.29, 1.82) is 0 Å². The molecule has 1 atom stereocenters. The van der Waals surface area contributed by atoms with Crippen molar-refractivity contribution < 1.29 is 43.2 Å². The molecule has 0 aromatic carbocycles. The molecule has 0 bridgehead atoms. The van der Waals surface area contributed by atoms with Crippen molar-refractivity contribution in [2.45, 2.75) is 59.8 Å². The van der Waals surface area contributed by atoms with Crippen LogP contribution >= 0.6 is 0 Å². The molecule has 0 N–H and O–H groups in total. The lowest BCUT2D eigenvalue weighted by molar-refractivity contribution is -0.204. The average Bonchev–Trinajstić information content (AvgIpc) is 3.18. The van der Waals surface area contributed by atoms with Gasteiger partial charge in [-0.15, -0.1) is 10.1 Å². The SMILES string of the molecule is CCC(C)(C)C(=O)ON1C(=O)CCC1=O.COCC(C)C(=O)ON1C(=O)CCC1=O. The zero-order chi connectivity index (χ0) is 23.1. The lowest BCUT2D eigenvalue weighted by atomic mass is 9.91. The minimum Gasteiger partial charge on any atom is -0.384 e. The molecular formula is C19H28N2O9. The fraction of sp³-hybridized carbons (Fsp3) is 0.684. The first-order valence-electron chi connectivity index (χ1n) is 9.59. The van der Waals surface area contributed by atoms with Gasteiger partial charge >= 0.3 is 11.9 Å². The van der Waals surface area contributed by atoms with Crippen LogP contribution in [-0.4, -0.2) is 59.4 Å². The van der Waals surface area contributed by atoms with Crippen molar-refractivity contribution in [3.8, 4) is 0 Å². The summed E-state index contributed by atoms with van der Waals surface area (Å²) < 4.78 is 4.75. The quantitative estimate of drug-likeness (QED) is 0.542. The van der Waals surface area contributed by atoms with Gasteiger partial charge in [0.25, 0.3) is 23.6 Å². The van der Waals surface area contributed by atoms with Crippen LogP contribution in [0.4, 0.5) is 0 Å². The minimum absolute atomic E-state index is 0.102. The topological polar surface area (TPSA) is 137 Å². The number of imide groups is 2. The fourth-order valence-corrected chi connectivity index (χ4v) is 2.16. The Morgan fingerprint density at radius 1 is 0.900 bits per heavy atom. The van der Waals surface area contributed by atoms with Gasteiger partial charge in [-0.1, -0.05) is 6.92 Å². The summed E-state index contributed by atoms with van der Waals surface area (Å²) in [4.78, 5) is 76.9. The third kappa shape index (κ3) is 6.61. The van der Waals surface area contributed by atoms with Crippen LogP contribution in [0, 0.1) is 11.3 Å². The van der Waals surface area contributed by atoms with Crippen molar-refractivity contribution in [2.75, 3.05) is 13.7 Å². The standard InChI is InChI=1S/C10H15NO4.C9H13NO5/c1-4-10(2,3)9(14)15-11-7(12)5-6-8(11)13;1-6(5-14-2)9(13)15-10-7(11)3-4-8(10)12/h4-6H2,1-3H3;6H,3-5H2,1-2H3. The number of hydroxylamine groups is 4. The number of carbonyl (C=O) groups is 6. The summed E-state index contributed by atoms with van der Waals surface area (Å²) in [6, 6.07) is 0. The number of ether oxygens (including phenoxy) is 1. The number of amides is 4.